The molecule has 0 amide bonds. The van der Waals surface area contributed by atoms with E-state index >= 15 is 0 Å². The molecule has 3 aromatic heterocycles. The molecule has 25 heavy (non-hydrogen) atoms. The highest BCUT2D eigenvalue weighted by Crippen LogP contribution is 2.25. The number of fused-ring (bicyclic) bond motifs is 1. The van der Waals surface area contributed by atoms with Crippen LogP contribution in [-0.2, 0) is 32.0 Å². The summed E-state index contributed by atoms with van der Waals surface area (Å²) in [5.41, 5.74) is -0.302. The first-order valence-corrected chi connectivity index (χ1v) is 8.15. The van der Waals surface area contributed by atoms with Crippen LogP contribution in [0.5, 0.6) is 0 Å². The first kappa shape index (κ1) is 17.2. The lowest BCUT2D eigenvalue weighted by Crippen LogP contribution is -2.36. The van der Waals surface area contributed by atoms with Crippen LogP contribution < -0.4 is 11.2 Å². The van der Waals surface area contributed by atoms with Crippen molar-refractivity contribution in [3.63, 3.8) is 0 Å². The summed E-state index contributed by atoms with van der Waals surface area (Å²) in [5, 5.41) is 9.25. The zero-order chi connectivity index (χ0) is 18.1. The summed E-state index contributed by atoms with van der Waals surface area (Å²) in [6, 6.07) is 0. The van der Waals surface area contributed by atoms with Gasteiger partial charge in [-0.15, -0.1) is 16.8 Å². The molecule has 0 spiro atoms. The van der Waals surface area contributed by atoms with Gasteiger partial charge in [-0.3, -0.25) is 18.5 Å². The van der Waals surface area contributed by atoms with E-state index in [1.165, 1.54) is 23.4 Å². The maximum absolute atomic E-state index is 12.2. The lowest BCUT2D eigenvalue weighted by Gasteiger charge is -2.05. The molecule has 0 unspecified atom stereocenters. The summed E-state index contributed by atoms with van der Waals surface area (Å²) in [6.07, 6.45) is 1.73. The molecular formula is C14H17N7O3S. The summed E-state index contributed by atoms with van der Waals surface area (Å²) < 4.78 is 9.31. The van der Waals surface area contributed by atoms with E-state index in [9.17, 15) is 9.59 Å². The predicted octanol–water partition coefficient (Wildman–Crippen LogP) is 0.0354. The maximum atomic E-state index is 12.2. The van der Waals surface area contributed by atoms with Crippen molar-refractivity contribution in [1.29, 1.82) is 0 Å². The van der Waals surface area contributed by atoms with Crippen molar-refractivity contribution in [3.05, 3.63) is 39.3 Å². The number of nitrogens with one attached hydrogen (secondary N) is 1. The Hall–Kier alpha value is -2.66. The van der Waals surface area contributed by atoms with Crippen LogP contribution in [0.1, 0.15) is 5.82 Å². The monoisotopic (exact) mass is 363 g/mol. The molecule has 3 aromatic rings. The van der Waals surface area contributed by atoms with E-state index in [-0.39, 0.29) is 5.52 Å². The fourth-order valence-electron chi connectivity index (χ4n) is 2.38. The molecule has 0 radical (unpaired) electrons. The number of aromatic amines is 1. The van der Waals surface area contributed by atoms with Gasteiger partial charge in [-0.05, 0) is 11.8 Å². The Labute approximate surface area is 146 Å². The highest BCUT2D eigenvalue weighted by atomic mass is 32.2. The zero-order valence-corrected chi connectivity index (χ0v) is 14.8. The molecule has 0 fully saturated rings. The van der Waals surface area contributed by atoms with Gasteiger partial charge in [0.2, 0.25) is 0 Å². The second-order valence-electron chi connectivity index (χ2n) is 5.28. The molecule has 0 aromatic carbocycles. The van der Waals surface area contributed by atoms with E-state index in [1.807, 2.05) is 4.57 Å². The third-order valence-corrected chi connectivity index (χ3v) is 4.51. The molecular weight excluding hydrogens is 346 g/mol. The smallest absolute Gasteiger partial charge is 0.332 e. The van der Waals surface area contributed by atoms with Crippen molar-refractivity contribution in [1.82, 2.24) is 33.9 Å². The molecule has 0 aliphatic carbocycles. The molecule has 11 heteroatoms. The molecule has 0 bridgehead atoms. The van der Waals surface area contributed by atoms with Gasteiger partial charge in [-0.2, -0.15) is 0 Å². The largest absolute Gasteiger partial charge is 0.377 e. The van der Waals surface area contributed by atoms with Crippen molar-refractivity contribution in [2.45, 2.75) is 23.5 Å². The third-order valence-electron chi connectivity index (χ3n) is 3.64. The summed E-state index contributed by atoms with van der Waals surface area (Å²) in [5.74, 6) is 0.657. The minimum Gasteiger partial charge on any atom is -0.377 e. The molecule has 0 saturated heterocycles. The average Bonchev–Trinajstić information content (AvgIpc) is 3.18. The topological polar surface area (TPSA) is 113 Å². The maximum Gasteiger partial charge on any atom is 0.332 e. The van der Waals surface area contributed by atoms with E-state index < -0.39 is 11.2 Å². The SMILES string of the molecule is C=CCn1c(COC)nnc1Sc1nc2c([nH]1)c(=O)n(C)c(=O)n2C. The highest BCUT2D eigenvalue weighted by molar-refractivity contribution is 7.99. The van der Waals surface area contributed by atoms with Gasteiger partial charge in [0, 0.05) is 27.7 Å². The Morgan fingerprint density at radius 1 is 1.28 bits per heavy atom. The number of methoxy groups -OCH3 is 1. The second kappa shape index (κ2) is 6.69. The quantitative estimate of drug-likeness (QED) is 0.615. The molecule has 0 atom stereocenters. The Morgan fingerprint density at radius 3 is 2.72 bits per heavy atom. The van der Waals surface area contributed by atoms with Crippen molar-refractivity contribution in [2.75, 3.05) is 7.11 Å². The molecule has 132 valence electrons. The molecule has 0 saturated carbocycles. The minimum atomic E-state index is -0.433. The van der Waals surface area contributed by atoms with Crippen LogP contribution in [-0.4, -0.2) is 41.0 Å². The summed E-state index contributed by atoms with van der Waals surface area (Å²) in [6.45, 7) is 4.55. The fraction of sp³-hybridized carbons (Fsp3) is 0.357. The first-order chi connectivity index (χ1) is 12.0. The van der Waals surface area contributed by atoms with Crippen molar-refractivity contribution in [3.8, 4) is 0 Å². The van der Waals surface area contributed by atoms with E-state index in [0.29, 0.717) is 34.9 Å². The van der Waals surface area contributed by atoms with E-state index in [0.717, 1.165) is 4.57 Å². The number of hydrogen-bond donors (Lipinski definition) is 1. The standard InChI is InChI=1S/C14H17N7O3S/c1-5-6-21-8(7-24-4)17-18-13(21)25-12-15-9-10(16-12)19(2)14(23)20(3)11(9)22/h5H,1,6-7H2,2-4H3,(H,15,16). The van der Waals surface area contributed by atoms with Gasteiger partial charge in [-0.1, -0.05) is 6.08 Å². The normalized spacial score (nSPS) is 11.3. The summed E-state index contributed by atoms with van der Waals surface area (Å²) in [4.78, 5) is 31.5. The van der Waals surface area contributed by atoms with Gasteiger partial charge in [0.15, 0.2) is 27.3 Å². The third kappa shape index (κ3) is 2.91. The van der Waals surface area contributed by atoms with Gasteiger partial charge < -0.3 is 9.72 Å². The van der Waals surface area contributed by atoms with Crippen molar-refractivity contribution < 1.29 is 4.74 Å². The van der Waals surface area contributed by atoms with Crippen molar-refractivity contribution >= 4 is 22.9 Å². The molecule has 3 heterocycles. The van der Waals surface area contributed by atoms with Crippen molar-refractivity contribution in [2.24, 2.45) is 14.1 Å². The Kier molecular flexibility index (Phi) is 4.59. The molecule has 1 N–H and O–H groups in total. The molecule has 10 nitrogen and oxygen atoms in total. The van der Waals surface area contributed by atoms with Crippen LogP contribution in [0, 0.1) is 0 Å². The van der Waals surface area contributed by atoms with Crippen LogP contribution >= 0.6 is 11.8 Å². The lowest BCUT2D eigenvalue weighted by atomic mass is 10.5. The number of allylic oxidation sites excluding steroid dienone is 1. The summed E-state index contributed by atoms with van der Waals surface area (Å²) >= 11 is 1.21. The van der Waals surface area contributed by atoms with Gasteiger partial charge in [0.25, 0.3) is 5.56 Å². The Bertz CT molecular complexity index is 1060. The summed E-state index contributed by atoms with van der Waals surface area (Å²) in [7, 11) is 4.57. The predicted molar refractivity (Wildman–Crippen MR) is 91.6 cm³/mol. The second-order valence-corrected chi connectivity index (χ2v) is 6.24. The number of aromatic nitrogens is 7. The number of hydrogen-bond acceptors (Lipinski definition) is 7. The molecule has 0 aliphatic rings. The van der Waals surface area contributed by atoms with E-state index in [2.05, 4.69) is 26.7 Å². The van der Waals surface area contributed by atoms with Crippen LogP contribution in [0.3, 0.4) is 0 Å². The van der Waals surface area contributed by atoms with Gasteiger partial charge >= 0.3 is 5.69 Å². The van der Waals surface area contributed by atoms with Crippen LogP contribution in [0.25, 0.3) is 11.2 Å². The van der Waals surface area contributed by atoms with Gasteiger partial charge in [0.05, 0.1) is 0 Å². The number of rotatable bonds is 6. The van der Waals surface area contributed by atoms with Gasteiger partial charge in [-0.25, -0.2) is 9.78 Å². The Morgan fingerprint density at radius 2 is 2.04 bits per heavy atom. The number of H-pyrrole nitrogens is 1. The number of imidazole rings is 1. The first-order valence-electron chi connectivity index (χ1n) is 7.33. The molecule has 0 aliphatic heterocycles. The number of ether oxygens (including phenoxy) is 1. The minimum absolute atomic E-state index is 0.263. The fourth-order valence-corrected chi connectivity index (χ4v) is 3.21. The van der Waals surface area contributed by atoms with E-state index in [4.69, 9.17) is 4.74 Å². The Balaban J connectivity index is 2.06. The number of nitrogens with zero attached hydrogens (tertiary/aromatic N) is 6. The van der Waals surface area contributed by atoms with E-state index in [1.54, 1.807) is 20.2 Å². The van der Waals surface area contributed by atoms with Crippen LogP contribution in [0.4, 0.5) is 0 Å². The molecule has 3 rings (SSSR count). The zero-order valence-electron chi connectivity index (χ0n) is 14.0. The van der Waals surface area contributed by atoms with Crippen LogP contribution in [0.15, 0.2) is 32.6 Å². The van der Waals surface area contributed by atoms with Gasteiger partial charge in [0.1, 0.15) is 6.61 Å². The number of aryl methyl sites for hydroxylation is 1. The van der Waals surface area contributed by atoms with Crippen LogP contribution in [0.2, 0.25) is 0 Å². The average molecular weight is 363 g/mol. The lowest BCUT2D eigenvalue weighted by molar-refractivity contribution is 0.174. The highest BCUT2D eigenvalue weighted by Gasteiger charge is 2.17.